The molecule has 0 fully saturated rings. The molecule has 2 aromatic carbocycles. The third-order valence-corrected chi connectivity index (χ3v) is 3.77. The Morgan fingerprint density at radius 2 is 2.00 bits per heavy atom. The number of aryl methyl sites for hydroxylation is 2. The summed E-state index contributed by atoms with van der Waals surface area (Å²) in [6.07, 6.45) is 0.656. The van der Waals surface area contributed by atoms with Crippen molar-refractivity contribution < 1.29 is 13.9 Å². The number of carbonyl (C=O) groups excluding carboxylic acids is 1. The molecule has 128 valence electrons. The third kappa shape index (κ3) is 4.23. The molecule has 0 saturated heterocycles. The molecule has 6 nitrogen and oxygen atoms in total. The molecule has 3 aromatic rings. The summed E-state index contributed by atoms with van der Waals surface area (Å²) in [5.41, 5.74) is 2.62. The number of amides is 1. The van der Waals surface area contributed by atoms with Crippen LogP contribution in [-0.2, 0) is 11.2 Å². The summed E-state index contributed by atoms with van der Waals surface area (Å²) >= 11 is 0. The lowest BCUT2D eigenvalue weighted by molar-refractivity contribution is -0.116. The van der Waals surface area contributed by atoms with Crippen molar-refractivity contribution in [1.29, 1.82) is 0 Å². The molecule has 0 saturated carbocycles. The topological polar surface area (TPSA) is 77.2 Å². The molecule has 1 heterocycles. The fraction of sp³-hybridized carbons (Fsp3) is 0.211. The number of nitrogens with zero attached hydrogens (tertiary/aromatic N) is 2. The predicted octanol–water partition coefficient (Wildman–Crippen LogP) is 3.62. The highest BCUT2D eigenvalue weighted by molar-refractivity contribution is 5.91. The predicted molar refractivity (Wildman–Crippen MR) is 94.4 cm³/mol. The number of nitrogens with one attached hydrogen (secondary N) is 1. The number of carbonyl (C=O) groups is 1. The fourth-order valence-corrected chi connectivity index (χ4v) is 2.37. The second kappa shape index (κ2) is 7.61. The first-order chi connectivity index (χ1) is 12.2. The largest absolute Gasteiger partial charge is 0.497 e. The molecule has 1 N–H and O–H groups in total. The third-order valence-electron chi connectivity index (χ3n) is 3.77. The second-order valence-electron chi connectivity index (χ2n) is 5.60. The van der Waals surface area contributed by atoms with Gasteiger partial charge in [-0.25, -0.2) is 0 Å². The maximum atomic E-state index is 12.1. The van der Waals surface area contributed by atoms with Crippen LogP contribution in [0.15, 0.2) is 52.9 Å². The van der Waals surface area contributed by atoms with E-state index >= 15 is 0 Å². The van der Waals surface area contributed by atoms with E-state index in [1.807, 2.05) is 55.5 Å². The van der Waals surface area contributed by atoms with Crippen LogP contribution in [0.2, 0.25) is 0 Å². The Hall–Kier alpha value is -3.15. The van der Waals surface area contributed by atoms with E-state index in [1.165, 1.54) is 0 Å². The lowest BCUT2D eigenvalue weighted by Gasteiger charge is -2.06. The minimum atomic E-state index is -0.0876. The first-order valence-electron chi connectivity index (χ1n) is 7.98. The van der Waals surface area contributed by atoms with Crippen molar-refractivity contribution in [2.75, 3.05) is 12.4 Å². The van der Waals surface area contributed by atoms with Crippen molar-refractivity contribution in [2.45, 2.75) is 19.8 Å². The van der Waals surface area contributed by atoms with Crippen LogP contribution in [0.25, 0.3) is 11.5 Å². The Bertz CT molecular complexity index is 874. The number of methoxy groups -OCH3 is 1. The van der Waals surface area contributed by atoms with Crippen LogP contribution >= 0.6 is 0 Å². The van der Waals surface area contributed by atoms with Crippen molar-refractivity contribution in [3.8, 4) is 17.2 Å². The van der Waals surface area contributed by atoms with E-state index in [2.05, 4.69) is 15.5 Å². The highest BCUT2D eigenvalue weighted by Crippen LogP contribution is 2.23. The maximum Gasteiger partial charge on any atom is 0.247 e. The second-order valence-corrected chi connectivity index (χ2v) is 5.60. The minimum Gasteiger partial charge on any atom is -0.497 e. The summed E-state index contributed by atoms with van der Waals surface area (Å²) < 4.78 is 10.8. The molecule has 1 amide bonds. The number of benzene rings is 2. The van der Waals surface area contributed by atoms with Gasteiger partial charge in [-0.1, -0.05) is 24.3 Å². The number of ether oxygens (including phenoxy) is 1. The van der Waals surface area contributed by atoms with E-state index in [9.17, 15) is 4.79 Å². The van der Waals surface area contributed by atoms with Crippen LogP contribution in [0.1, 0.15) is 17.9 Å². The lowest BCUT2D eigenvalue weighted by atomic mass is 10.2. The molecule has 1 aromatic heterocycles. The quantitative estimate of drug-likeness (QED) is 0.743. The Balaban J connectivity index is 1.60. The van der Waals surface area contributed by atoms with Gasteiger partial charge in [0.1, 0.15) is 5.75 Å². The minimum absolute atomic E-state index is 0.0876. The first kappa shape index (κ1) is 16.7. The molecule has 0 spiro atoms. The van der Waals surface area contributed by atoms with Gasteiger partial charge < -0.3 is 14.5 Å². The fourth-order valence-electron chi connectivity index (χ4n) is 2.37. The van der Waals surface area contributed by atoms with E-state index < -0.39 is 0 Å². The number of aromatic nitrogens is 2. The highest BCUT2D eigenvalue weighted by atomic mass is 16.5. The van der Waals surface area contributed by atoms with Crippen molar-refractivity contribution in [1.82, 2.24) is 10.2 Å². The number of rotatable bonds is 6. The zero-order chi connectivity index (χ0) is 17.6. The maximum absolute atomic E-state index is 12.1. The summed E-state index contributed by atoms with van der Waals surface area (Å²) in [6.45, 7) is 1.95. The van der Waals surface area contributed by atoms with Gasteiger partial charge in [0.25, 0.3) is 0 Å². The van der Waals surface area contributed by atoms with Crippen LogP contribution in [0.3, 0.4) is 0 Å². The average Bonchev–Trinajstić information content (AvgIpc) is 3.11. The molecule has 0 aliphatic heterocycles. The zero-order valence-corrected chi connectivity index (χ0v) is 14.2. The van der Waals surface area contributed by atoms with Gasteiger partial charge in [0.2, 0.25) is 17.7 Å². The molecule has 0 radical (unpaired) electrons. The summed E-state index contributed by atoms with van der Waals surface area (Å²) in [7, 11) is 1.60. The van der Waals surface area contributed by atoms with Crippen LogP contribution in [0, 0.1) is 6.92 Å². The van der Waals surface area contributed by atoms with Gasteiger partial charge in [0.15, 0.2) is 0 Å². The molecule has 0 aliphatic rings. The summed E-state index contributed by atoms with van der Waals surface area (Å²) in [5.74, 6) is 1.47. The van der Waals surface area contributed by atoms with E-state index in [1.54, 1.807) is 7.11 Å². The highest BCUT2D eigenvalue weighted by Gasteiger charge is 2.11. The summed E-state index contributed by atoms with van der Waals surface area (Å²) in [5, 5.41) is 10.9. The molecular formula is C19H19N3O3. The van der Waals surface area contributed by atoms with Gasteiger partial charge in [-0.3, -0.25) is 4.79 Å². The van der Waals surface area contributed by atoms with Gasteiger partial charge >= 0.3 is 0 Å². The first-order valence-corrected chi connectivity index (χ1v) is 7.98. The van der Waals surface area contributed by atoms with E-state index in [4.69, 9.17) is 9.15 Å². The Morgan fingerprint density at radius 1 is 1.16 bits per heavy atom. The smallest absolute Gasteiger partial charge is 0.247 e. The van der Waals surface area contributed by atoms with Crippen molar-refractivity contribution in [2.24, 2.45) is 0 Å². The molecule has 0 bridgehead atoms. The van der Waals surface area contributed by atoms with Gasteiger partial charge in [-0.15, -0.1) is 10.2 Å². The van der Waals surface area contributed by atoms with E-state index in [-0.39, 0.29) is 12.3 Å². The molecule has 0 unspecified atom stereocenters. The molecule has 0 aliphatic carbocycles. The van der Waals surface area contributed by atoms with Crippen molar-refractivity contribution >= 4 is 11.6 Å². The van der Waals surface area contributed by atoms with Crippen LogP contribution in [0.5, 0.6) is 5.75 Å². The monoisotopic (exact) mass is 337 g/mol. The molecular weight excluding hydrogens is 318 g/mol. The number of hydrogen-bond acceptors (Lipinski definition) is 5. The summed E-state index contributed by atoms with van der Waals surface area (Å²) in [4.78, 5) is 12.1. The Labute approximate surface area is 145 Å². The van der Waals surface area contributed by atoms with Crippen LogP contribution in [0.4, 0.5) is 5.69 Å². The normalized spacial score (nSPS) is 10.5. The number of anilines is 1. The average molecular weight is 337 g/mol. The Kier molecular flexibility index (Phi) is 5.09. The standard InChI is InChI=1S/C19H19N3O3/c1-13-6-3-4-9-16(13)20-17(23)10-11-18-21-22-19(25-18)14-7-5-8-15(12-14)24-2/h3-9,12H,10-11H2,1-2H3,(H,20,23). The van der Waals surface area contributed by atoms with Gasteiger partial charge in [0.05, 0.1) is 7.11 Å². The summed E-state index contributed by atoms with van der Waals surface area (Å²) in [6, 6.07) is 15.0. The Morgan fingerprint density at radius 3 is 2.80 bits per heavy atom. The number of hydrogen-bond donors (Lipinski definition) is 1. The van der Waals surface area contributed by atoms with Gasteiger partial charge in [0, 0.05) is 24.1 Å². The van der Waals surface area contributed by atoms with E-state index in [0.29, 0.717) is 18.2 Å². The van der Waals surface area contributed by atoms with Crippen LogP contribution < -0.4 is 10.1 Å². The van der Waals surface area contributed by atoms with Crippen molar-refractivity contribution in [3.05, 3.63) is 60.0 Å². The van der Waals surface area contributed by atoms with Gasteiger partial charge in [-0.05, 0) is 36.8 Å². The molecule has 25 heavy (non-hydrogen) atoms. The van der Waals surface area contributed by atoms with Gasteiger partial charge in [-0.2, -0.15) is 0 Å². The van der Waals surface area contributed by atoms with Crippen molar-refractivity contribution in [3.63, 3.8) is 0 Å². The molecule has 0 atom stereocenters. The van der Waals surface area contributed by atoms with E-state index in [0.717, 1.165) is 22.6 Å². The zero-order valence-electron chi connectivity index (χ0n) is 14.2. The molecule has 6 heteroatoms. The lowest BCUT2D eigenvalue weighted by Crippen LogP contribution is -2.13. The number of para-hydroxylation sites is 1. The van der Waals surface area contributed by atoms with Crippen LogP contribution in [-0.4, -0.2) is 23.2 Å². The SMILES string of the molecule is COc1cccc(-c2nnc(CCC(=O)Nc3ccccc3C)o2)c1. The molecule has 3 rings (SSSR count).